The van der Waals surface area contributed by atoms with Crippen LogP contribution < -0.4 is 10.9 Å². The van der Waals surface area contributed by atoms with Crippen molar-refractivity contribution < 1.29 is 4.79 Å². The summed E-state index contributed by atoms with van der Waals surface area (Å²) in [5.41, 5.74) is 4.49. The van der Waals surface area contributed by atoms with E-state index in [0.717, 1.165) is 22.8 Å². The summed E-state index contributed by atoms with van der Waals surface area (Å²) in [6.07, 6.45) is 0.0895. The monoisotopic (exact) mass is 386 g/mol. The van der Waals surface area contributed by atoms with E-state index < -0.39 is 0 Å². The van der Waals surface area contributed by atoms with Crippen molar-refractivity contribution in [3.8, 4) is 5.69 Å². The van der Waals surface area contributed by atoms with Gasteiger partial charge in [-0.2, -0.15) is 5.10 Å². The van der Waals surface area contributed by atoms with Crippen LogP contribution in [0.2, 0.25) is 0 Å². The van der Waals surface area contributed by atoms with Crippen molar-refractivity contribution in [1.29, 1.82) is 0 Å². The van der Waals surface area contributed by atoms with Gasteiger partial charge in [-0.05, 0) is 56.3 Å². The standard InChI is InChI=1S/C23H22N4O2/c1-15-8-9-16(2)27(15)18-12-10-17(11-13-18)24-22(28)14-21-19-6-4-5-7-20(19)23(29)26(3)25-21/h4-13H,14H2,1-3H3,(H,24,28). The summed E-state index contributed by atoms with van der Waals surface area (Å²) in [6.45, 7) is 4.13. The van der Waals surface area contributed by atoms with Gasteiger partial charge < -0.3 is 9.88 Å². The first-order valence-electron chi connectivity index (χ1n) is 9.44. The van der Waals surface area contributed by atoms with Crippen molar-refractivity contribution in [3.63, 3.8) is 0 Å². The smallest absolute Gasteiger partial charge is 0.274 e. The van der Waals surface area contributed by atoms with Crippen LogP contribution in [0.25, 0.3) is 16.5 Å². The van der Waals surface area contributed by atoms with E-state index in [1.54, 1.807) is 13.1 Å². The Morgan fingerprint density at radius 3 is 2.21 bits per heavy atom. The Bertz CT molecular complexity index is 1250. The average molecular weight is 386 g/mol. The van der Waals surface area contributed by atoms with Gasteiger partial charge in [-0.1, -0.05) is 18.2 Å². The van der Waals surface area contributed by atoms with Crippen LogP contribution in [0, 0.1) is 13.8 Å². The SMILES string of the molecule is Cc1ccc(C)n1-c1ccc(NC(=O)Cc2nn(C)c(=O)c3ccccc23)cc1. The average Bonchev–Trinajstić information content (AvgIpc) is 3.05. The topological polar surface area (TPSA) is 68.9 Å². The van der Waals surface area contributed by atoms with Crippen molar-refractivity contribution in [2.45, 2.75) is 20.3 Å². The van der Waals surface area contributed by atoms with Crippen LogP contribution in [0.1, 0.15) is 17.1 Å². The minimum Gasteiger partial charge on any atom is -0.326 e. The highest BCUT2D eigenvalue weighted by Gasteiger charge is 2.13. The van der Waals surface area contributed by atoms with Crippen molar-refractivity contribution in [2.75, 3.05) is 5.32 Å². The zero-order chi connectivity index (χ0) is 20.5. The minimum absolute atomic E-state index is 0.0895. The fourth-order valence-electron chi connectivity index (χ4n) is 3.63. The number of nitrogens with one attached hydrogen (secondary N) is 1. The molecule has 4 aromatic rings. The Morgan fingerprint density at radius 2 is 1.55 bits per heavy atom. The van der Waals surface area contributed by atoms with Crippen LogP contribution in [0.3, 0.4) is 0 Å². The van der Waals surface area contributed by atoms with Crippen LogP contribution in [-0.4, -0.2) is 20.3 Å². The number of amides is 1. The Hall–Kier alpha value is -3.67. The Morgan fingerprint density at radius 1 is 0.931 bits per heavy atom. The van der Waals surface area contributed by atoms with Gasteiger partial charge in [-0.25, -0.2) is 4.68 Å². The quantitative estimate of drug-likeness (QED) is 0.583. The van der Waals surface area contributed by atoms with Crippen molar-refractivity contribution in [2.24, 2.45) is 7.05 Å². The number of nitrogens with zero attached hydrogens (tertiary/aromatic N) is 3. The molecule has 2 aromatic carbocycles. The van der Waals surface area contributed by atoms with Crippen LogP contribution in [0.15, 0.2) is 65.5 Å². The second kappa shape index (κ2) is 7.39. The molecule has 0 bridgehead atoms. The van der Waals surface area contributed by atoms with Gasteiger partial charge >= 0.3 is 0 Å². The molecule has 6 heteroatoms. The van der Waals surface area contributed by atoms with Gasteiger partial charge in [-0.15, -0.1) is 0 Å². The summed E-state index contributed by atoms with van der Waals surface area (Å²) in [7, 11) is 1.60. The van der Waals surface area contributed by atoms with Crippen LogP contribution in [-0.2, 0) is 18.3 Å². The maximum atomic E-state index is 12.6. The summed E-state index contributed by atoms with van der Waals surface area (Å²) in [5, 5.41) is 8.48. The van der Waals surface area contributed by atoms with E-state index in [9.17, 15) is 9.59 Å². The van der Waals surface area contributed by atoms with Crippen LogP contribution in [0.5, 0.6) is 0 Å². The number of carbonyl (C=O) groups is 1. The normalized spacial score (nSPS) is 11.0. The zero-order valence-corrected chi connectivity index (χ0v) is 16.6. The molecule has 0 aliphatic carbocycles. The number of rotatable bonds is 4. The molecule has 0 aliphatic heterocycles. The predicted molar refractivity (Wildman–Crippen MR) is 115 cm³/mol. The summed E-state index contributed by atoms with van der Waals surface area (Å²) in [4.78, 5) is 24.8. The van der Waals surface area contributed by atoms with E-state index in [1.807, 2.05) is 42.5 Å². The molecule has 1 N–H and O–H groups in total. The van der Waals surface area contributed by atoms with Gasteiger partial charge in [0.15, 0.2) is 0 Å². The highest BCUT2D eigenvalue weighted by Crippen LogP contribution is 2.19. The molecular formula is C23H22N4O2. The Labute approximate surface area is 168 Å². The number of aryl methyl sites for hydroxylation is 3. The summed E-state index contributed by atoms with van der Waals surface area (Å²) >= 11 is 0. The highest BCUT2D eigenvalue weighted by atomic mass is 16.1. The van der Waals surface area contributed by atoms with E-state index in [4.69, 9.17) is 0 Å². The lowest BCUT2D eigenvalue weighted by atomic mass is 10.1. The molecule has 0 aliphatic rings. The largest absolute Gasteiger partial charge is 0.326 e. The maximum Gasteiger partial charge on any atom is 0.274 e. The summed E-state index contributed by atoms with van der Waals surface area (Å²) in [6, 6.07) is 19.1. The maximum absolute atomic E-state index is 12.6. The molecule has 2 aromatic heterocycles. The first-order chi connectivity index (χ1) is 13.9. The number of aromatic nitrogens is 3. The van der Waals surface area contributed by atoms with E-state index in [1.165, 1.54) is 4.68 Å². The molecule has 4 rings (SSSR count). The fourth-order valence-corrected chi connectivity index (χ4v) is 3.63. The first-order valence-corrected chi connectivity index (χ1v) is 9.44. The van der Waals surface area contributed by atoms with Crippen LogP contribution >= 0.6 is 0 Å². The van der Waals surface area contributed by atoms with E-state index >= 15 is 0 Å². The summed E-state index contributed by atoms with van der Waals surface area (Å²) in [5.74, 6) is -0.178. The number of hydrogen-bond acceptors (Lipinski definition) is 3. The van der Waals surface area contributed by atoms with E-state index in [2.05, 4.69) is 41.0 Å². The lowest BCUT2D eigenvalue weighted by molar-refractivity contribution is -0.115. The third-order valence-electron chi connectivity index (χ3n) is 5.04. The molecule has 0 saturated heterocycles. The number of benzene rings is 2. The van der Waals surface area contributed by atoms with E-state index in [-0.39, 0.29) is 17.9 Å². The molecular weight excluding hydrogens is 364 g/mol. The predicted octanol–water partition coefficient (Wildman–Crippen LogP) is 3.52. The molecule has 0 atom stereocenters. The number of carbonyl (C=O) groups excluding carboxylic acids is 1. The Kier molecular flexibility index (Phi) is 4.76. The van der Waals surface area contributed by atoms with E-state index in [0.29, 0.717) is 16.5 Å². The Balaban J connectivity index is 1.55. The third-order valence-corrected chi connectivity index (χ3v) is 5.04. The third kappa shape index (κ3) is 3.57. The van der Waals surface area contributed by atoms with Gasteiger partial charge in [0.05, 0.1) is 17.5 Å². The first kappa shape index (κ1) is 18.7. The molecule has 6 nitrogen and oxygen atoms in total. The second-order valence-corrected chi connectivity index (χ2v) is 7.14. The molecule has 0 saturated carbocycles. The zero-order valence-electron chi connectivity index (χ0n) is 16.6. The summed E-state index contributed by atoms with van der Waals surface area (Å²) < 4.78 is 3.44. The molecule has 0 radical (unpaired) electrons. The molecule has 0 spiro atoms. The fraction of sp³-hybridized carbons (Fsp3) is 0.174. The second-order valence-electron chi connectivity index (χ2n) is 7.14. The number of anilines is 1. The van der Waals surface area contributed by atoms with Gasteiger partial charge in [0.1, 0.15) is 0 Å². The van der Waals surface area contributed by atoms with Gasteiger partial charge in [-0.3, -0.25) is 9.59 Å². The molecule has 146 valence electrons. The van der Waals surface area contributed by atoms with Crippen molar-refractivity contribution in [3.05, 3.63) is 88.1 Å². The van der Waals surface area contributed by atoms with Crippen molar-refractivity contribution in [1.82, 2.24) is 14.3 Å². The molecule has 0 unspecified atom stereocenters. The van der Waals surface area contributed by atoms with Gasteiger partial charge in [0.25, 0.3) is 5.56 Å². The van der Waals surface area contributed by atoms with Crippen molar-refractivity contribution >= 4 is 22.4 Å². The van der Waals surface area contributed by atoms with Crippen LogP contribution in [0.4, 0.5) is 5.69 Å². The minimum atomic E-state index is -0.178. The highest BCUT2D eigenvalue weighted by molar-refractivity contribution is 5.95. The number of hydrogen-bond donors (Lipinski definition) is 1. The molecule has 29 heavy (non-hydrogen) atoms. The molecule has 2 heterocycles. The number of fused-ring (bicyclic) bond motifs is 1. The lowest BCUT2D eigenvalue weighted by Gasteiger charge is -2.11. The lowest BCUT2D eigenvalue weighted by Crippen LogP contribution is -2.24. The molecule has 0 fully saturated rings. The van der Waals surface area contributed by atoms with Gasteiger partial charge in [0, 0.05) is 35.2 Å². The van der Waals surface area contributed by atoms with Gasteiger partial charge in [0.2, 0.25) is 5.91 Å². The molecule has 1 amide bonds.